The number of nitrogens with one attached hydrogen (secondary N) is 2. The van der Waals surface area contributed by atoms with Crippen LogP contribution in [0.3, 0.4) is 0 Å². The number of hydrogen-bond acceptors (Lipinski definition) is 3. The first-order chi connectivity index (χ1) is 9.37. The van der Waals surface area contributed by atoms with E-state index < -0.39 is 31.3 Å². The molecule has 0 aliphatic heterocycles. The van der Waals surface area contributed by atoms with E-state index >= 15 is 0 Å². The molecular weight excluding hydrogens is 277 g/mol. The number of rotatable bonds is 5. The molecule has 2 N–H and O–H groups in total. The maximum Gasteiger partial charge on any atom is 0.422 e. The van der Waals surface area contributed by atoms with Gasteiger partial charge in [-0.1, -0.05) is 12.2 Å². The number of halogens is 3. The maximum absolute atomic E-state index is 11.8. The molecule has 0 bridgehead atoms. The van der Waals surface area contributed by atoms with Gasteiger partial charge >= 0.3 is 12.3 Å². The van der Waals surface area contributed by atoms with E-state index in [4.69, 9.17) is 0 Å². The quantitative estimate of drug-likeness (QED) is 0.759. The highest BCUT2D eigenvalue weighted by Crippen LogP contribution is 2.16. The molecule has 0 aromatic heterocycles. The van der Waals surface area contributed by atoms with Crippen molar-refractivity contribution < 1.29 is 27.5 Å². The number of carbonyl (C=O) groups excluding carboxylic acids is 2. The van der Waals surface area contributed by atoms with Crippen molar-refractivity contribution in [1.82, 2.24) is 10.6 Å². The Morgan fingerprint density at radius 3 is 2.60 bits per heavy atom. The molecule has 1 aliphatic rings. The summed E-state index contributed by atoms with van der Waals surface area (Å²) >= 11 is 0. The molecule has 8 heteroatoms. The highest BCUT2D eigenvalue weighted by molar-refractivity contribution is 5.82. The van der Waals surface area contributed by atoms with Crippen LogP contribution in [-0.4, -0.2) is 37.9 Å². The molecule has 0 spiro atoms. The summed E-state index contributed by atoms with van der Waals surface area (Å²) in [7, 11) is 0. The molecular formula is C12H17F3N2O3. The largest absolute Gasteiger partial charge is 0.440 e. The molecule has 0 fully saturated rings. The van der Waals surface area contributed by atoms with Gasteiger partial charge in [0, 0.05) is 6.54 Å². The Morgan fingerprint density at radius 2 is 2.00 bits per heavy atom. The van der Waals surface area contributed by atoms with E-state index in [1.165, 1.54) is 0 Å². The van der Waals surface area contributed by atoms with E-state index in [1.54, 1.807) is 0 Å². The molecule has 114 valence electrons. The third kappa shape index (κ3) is 7.65. The third-order valence-corrected chi connectivity index (χ3v) is 2.73. The average molecular weight is 294 g/mol. The lowest BCUT2D eigenvalue weighted by Gasteiger charge is -2.18. The minimum atomic E-state index is -4.58. The van der Waals surface area contributed by atoms with Crippen molar-refractivity contribution in [2.45, 2.75) is 25.4 Å². The second kappa shape index (κ2) is 7.76. The normalized spacial score (nSPS) is 18.4. The number of carbonyl (C=O) groups is 2. The monoisotopic (exact) mass is 294 g/mol. The average Bonchev–Trinajstić information content (AvgIpc) is 2.41. The predicted octanol–water partition coefficient (Wildman–Crippen LogP) is 1.75. The van der Waals surface area contributed by atoms with Gasteiger partial charge in [-0.3, -0.25) is 4.79 Å². The van der Waals surface area contributed by atoms with Crippen molar-refractivity contribution in [3.05, 3.63) is 12.2 Å². The molecule has 0 radical (unpaired) electrons. The highest BCUT2D eigenvalue weighted by Gasteiger charge is 2.29. The van der Waals surface area contributed by atoms with Crippen LogP contribution in [0.5, 0.6) is 0 Å². The zero-order valence-electron chi connectivity index (χ0n) is 10.8. The molecule has 5 nitrogen and oxygen atoms in total. The van der Waals surface area contributed by atoms with Crippen LogP contribution in [0.25, 0.3) is 0 Å². The van der Waals surface area contributed by atoms with E-state index in [2.05, 4.69) is 16.1 Å². The van der Waals surface area contributed by atoms with Gasteiger partial charge in [0.25, 0.3) is 0 Å². The van der Waals surface area contributed by atoms with Gasteiger partial charge < -0.3 is 15.4 Å². The van der Waals surface area contributed by atoms with E-state index in [0.29, 0.717) is 12.5 Å². The molecule has 0 unspecified atom stereocenters. The van der Waals surface area contributed by atoms with Gasteiger partial charge in [0.05, 0.1) is 6.54 Å². The summed E-state index contributed by atoms with van der Waals surface area (Å²) < 4.78 is 39.1. The molecule has 0 heterocycles. The summed E-state index contributed by atoms with van der Waals surface area (Å²) in [5.41, 5.74) is 0. The Bertz CT molecular complexity index is 369. The predicted molar refractivity (Wildman–Crippen MR) is 64.9 cm³/mol. The lowest BCUT2D eigenvalue weighted by molar-refractivity contribution is -0.160. The lowest BCUT2D eigenvalue weighted by atomic mass is 9.94. The highest BCUT2D eigenvalue weighted by atomic mass is 19.4. The van der Waals surface area contributed by atoms with E-state index in [9.17, 15) is 22.8 Å². The summed E-state index contributed by atoms with van der Waals surface area (Å²) in [6.07, 6.45) is 1.14. The van der Waals surface area contributed by atoms with E-state index in [1.807, 2.05) is 11.4 Å². The zero-order chi connectivity index (χ0) is 15.0. The maximum atomic E-state index is 11.8. The van der Waals surface area contributed by atoms with Gasteiger partial charge in [0.15, 0.2) is 6.61 Å². The van der Waals surface area contributed by atoms with Crippen molar-refractivity contribution in [1.29, 1.82) is 0 Å². The Labute approximate surface area is 114 Å². The summed E-state index contributed by atoms with van der Waals surface area (Å²) in [6, 6.07) is 0. The first-order valence-electron chi connectivity index (χ1n) is 6.26. The van der Waals surface area contributed by atoms with Gasteiger partial charge in [-0.25, -0.2) is 4.79 Å². The van der Waals surface area contributed by atoms with Gasteiger partial charge in [0.1, 0.15) is 0 Å². The molecule has 1 aliphatic carbocycles. The molecule has 1 rings (SSSR count). The number of amides is 2. The summed E-state index contributed by atoms with van der Waals surface area (Å²) in [6.45, 7) is -1.59. The van der Waals surface area contributed by atoms with Gasteiger partial charge in [0.2, 0.25) is 5.91 Å². The van der Waals surface area contributed by atoms with Crippen molar-refractivity contribution in [3.63, 3.8) is 0 Å². The van der Waals surface area contributed by atoms with Crippen LogP contribution in [0.15, 0.2) is 12.2 Å². The topological polar surface area (TPSA) is 67.4 Å². The van der Waals surface area contributed by atoms with Crippen molar-refractivity contribution in [3.8, 4) is 0 Å². The zero-order valence-corrected chi connectivity index (χ0v) is 10.8. The molecule has 20 heavy (non-hydrogen) atoms. The number of alkyl carbamates (subject to hydrolysis) is 1. The summed E-state index contributed by atoms with van der Waals surface area (Å²) in [5, 5.41) is 4.57. The third-order valence-electron chi connectivity index (χ3n) is 2.73. The molecule has 0 saturated heterocycles. The molecule has 2 amide bonds. The minimum absolute atomic E-state index is 0.362. The fraction of sp³-hybridized carbons (Fsp3) is 0.667. The SMILES string of the molecule is O=C(CNC(=O)OCC(F)(F)F)NC[C@H]1CC=CCC1. The summed E-state index contributed by atoms with van der Waals surface area (Å²) in [4.78, 5) is 22.2. The van der Waals surface area contributed by atoms with Crippen LogP contribution in [0.2, 0.25) is 0 Å². The van der Waals surface area contributed by atoms with Gasteiger partial charge in [-0.05, 0) is 25.2 Å². The number of alkyl halides is 3. The van der Waals surface area contributed by atoms with Crippen molar-refractivity contribution in [2.24, 2.45) is 5.92 Å². The Hall–Kier alpha value is -1.73. The lowest BCUT2D eigenvalue weighted by Crippen LogP contribution is -2.39. The van der Waals surface area contributed by atoms with Crippen LogP contribution in [0.1, 0.15) is 19.3 Å². The van der Waals surface area contributed by atoms with Gasteiger partial charge in [-0.2, -0.15) is 13.2 Å². The van der Waals surface area contributed by atoms with Crippen molar-refractivity contribution >= 4 is 12.0 Å². The standard InChI is InChI=1S/C12H17F3N2O3/c13-12(14,15)8-20-11(19)17-7-10(18)16-6-9-4-2-1-3-5-9/h1-2,9H,3-8H2,(H,16,18)(H,17,19)/t9-/m0/s1. The Morgan fingerprint density at radius 1 is 1.25 bits per heavy atom. The smallest absolute Gasteiger partial charge is 0.422 e. The van der Waals surface area contributed by atoms with Crippen LogP contribution in [-0.2, 0) is 9.53 Å². The molecule has 0 saturated carbocycles. The number of hydrogen-bond donors (Lipinski definition) is 2. The molecule has 1 atom stereocenters. The fourth-order valence-electron chi connectivity index (χ4n) is 1.71. The number of allylic oxidation sites excluding steroid dienone is 2. The van der Waals surface area contributed by atoms with E-state index in [-0.39, 0.29) is 0 Å². The Kier molecular flexibility index (Phi) is 6.33. The van der Waals surface area contributed by atoms with Crippen LogP contribution in [0, 0.1) is 5.92 Å². The summed E-state index contributed by atoms with van der Waals surface area (Å²) in [5.74, 6) is -0.0929. The second-order valence-corrected chi connectivity index (χ2v) is 4.50. The first-order valence-corrected chi connectivity index (χ1v) is 6.26. The van der Waals surface area contributed by atoms with E-state index in [0.717, 1.165) is 19.3 Å². The fourth-order valence-corrected chi connectivity index (χ4v) is 1.71. The first kappa shape index (κ1) is 16.3. The number of ether oxygens (including phenoxy) is 1. The van der Waals surface area contributed by atoms with Gasteiger partial charge in [-0.15, -0.1) is 0 Å². The Balaban J connectivity index is 2.10. The van der Waals surface area contributed by atoms with Crippen molar-refractivity contribution in [2.75, 3.05) is 19.7 Å². The van der Waals surface area contributed by atoms with Crippen LogP contribution >= 0.6 is 0 Å². The molecule has 0 aromatic carbocycles. The van der Waals surface area contributed by atoms with Crippen LogP contribution < -0.4 is 10.6 Å². The second-order valence-electron chi connectivity index (χ2n) is 4.50. The minimum Gasteiger partial charge on any atom is -0.440 e. The van der Waals surface area contributed by atoms with Crippen LogP contribution in [0.4, 0.5) is 18.0 Å². The molecule has 0 aromatic rings.